The van der Waals surface area contributed by atoms with Gasteiger partial charge < -0.3 is 10.4 Å². The summed E-state index contributed by atoms with van der Waals surface area (Å²) in [7, 11) is 0. The number of carboxylic acid groups (broad SMARTS) is 1. The predicted octanol–water partition coefficient (Wildman–Crippen LogP) is 2.94. The summed E-state index contributed by atoms with van der Waals surface area (Å²) in [6.07, 6.45) is 2.26. The topological polar surface area (TPSA) is 105 Å². The molecule has 0 saturated carbocycles. The molecule has 1 heterocycles. The Kier molecular flexibility index (Phi) is 5.42. The molecule has 7 nitrogen and oxygen atoms in total. The second-order valence-electron chi connectivity index (χ2n) is 4.72. The van der Waals surface area contributed by atoms with Gasteiger partial charge in [-0.2, -0.15) is 0 Å². The Morgan fingerprint density at radius 3 is 2.73 bits per heavy atom. The zero-order valence-corrected chi connectivity index (χ0v) is 12.5. The number of nitrogens with one attached hydrogen (secondary N) is 1. The smallest absolute Gasteiger partial charge is 0.345 e. The fraction of sp³-hybridized carbons (Fsp3) is 0.286. The summed E-state index contributed by atoms with van der Waals surface area (Å²) in [6, 6.07) is 9.51. The summed E-state index contributed by atoms with van der Waals surface area (Å²) in [4.78, 5) is 24.9. The van der Waals surface area contributed by atoms with Crippen molar-refractivity contribution >= 4 is 27.4 Å². The van der Waals surface area contributed by atoms with Crippen LogP contribution in [0, 0.1) is 10.1 Å². The molecular weight excluding hydrogens is 306 g/mol. The Balaban J connectivity index is 2.05. The molecule has 0 bridgehead atoms. The monoisotopic (exact) mass is 321 g/mol. The number of anilines is 1. The van der Waals surface area contributed by atoms with Gasteiger partial charge in [-0.25, -0.2) is 4.98 Å². The lowest BCUT2D eigenvalue weighted by Gasteiger charge is -2.17. The lowest BCUT2D eigenvalue weighted by atomic mass is 10.0. The van der Waals surface area contributed by atoms with E-state index in [1.807, 2.05) is 30.3 Å². The largest absolute Gasteiger partial charge is 0.481 e. The number of benzene rings is 1. The van der Waals surface area contributed by atoms with Crippen molar-refractivity contribution in [1.82, 2.24) is 4.98 Å². The van der Waals surface area contributed by atoms with Crippen molar-refractivity contribution in [3.63, 3.8) is 0 Å². The Bertz CT molecular complexity index is 645. The van der Waals surface area contributed by atoms with Gasteiger partial charge in [0.15, 0.2) is 5.13 Å². The SMILES string of the molecule is O=C(O)CCC(Cc1ccccc1)Nc1ncc([N+](=O)[O-])s1. The number of carbonyl (C=O) groups is 1. The van der Waals surface area contributed by atoms with Crippen molar-refractivity contribution in [3.05, 3.63) is 52.2 Å². The molecule has 2 aromatic rings. The Morgan fingerprint density at radius 2 is 2.14 bits per heavy atom. The van der Waals surface area contributed by atoms with Gasteiger partial charge in [-0.1, -0.05) is 30.3 Å². The number of aromatic nitrogens is 1. The van der Waals surface area contributed by atoms with Crippen molar-refractivity contribution in [1.29, 1.82) is 0 Å². The molecule has 0 amide bonds. The van der Waals surface area contributed by atoms with E-state index in [-0.39, 0.29) is 17.5 Å². The standard InChI is InChI=1S/C14H15N3O4S/c18-13(19)7-6-11(8-10-4-2-1-3-5-10)16-14-15-9-12(22-14)17(20)21/h1-5,9,11H,6-8H2,(H,15,16)(H,18,19). The highest BCUT2D eigenvalue weighted by molar-refractivity contribution is 7.18. The molecule has 1 aromatic heterocycles. The summed E-state index contributed by atoms with van der Waals surface area (Å²) in [5, 5.41) is 23.0. The van der Waals surface area contributed by atoms with E-state index in [0.717, 1.165) is 16.9 Å². The third kappa shape index (κ3) is 4.81. The maximum Gasteiger partial charge on any atom is 0.345 e. The van der Waals surface area contributed by atoms with Crippen LogP contribution >= 0.6 is 11.3 Å². The number of nitrogens with zero attached hydrogens (tertiary/aromatic N) is 2. The molecule has 22 heavy (non-hydrogen) atoms. The van der Waals surface area contributed by atoms with Gasteiger partial charge in [0.1, 0.15) is 6.20 Å². The highest BCUT2D eigenvalue weighted by Crippen LogP contribution is 2.26. The van der Waals surface area contributed by atoms with Gasteiger partial charge in [0.25, 0.3) is 0 Å². The van der Waals surface area contributed by atoms with Crippen LogP contribution in [0.2, 0.25) is 0 Å². The molecule has 0 radical (unpaired) electrons. The highest BCUT2D eigenvalue weighted by atomic mass is 32.1. The van der Waals surface area contributed by atoms with Crippen molar-refractivity contribution in [2.24, 2.45) is 0 Å². The first-order valence-electron chi connectivity index (χ1n) is 6.67. The van der Waals surface area contributed by atoms with E-state index in [9.17, 15) is 14.9 Å². The van der Waals surface area contributed by atoms with Crippen molar-refractivity contribution in [3.8, 4) is 0 Å². The molecule has 2 rings (SSSR count). The van der Waals surface area contributed by atoms with E-state index >= 15 is 0 Å². The van der Waals surface area contributed by atoms with E-state index in [4.69, 9.17) is 5.11 Å². The Morgan fingerprint density at radius 1 is 1.41 bits per heavy atom. The molecular formula is C14H15N3O4S. The maximum absolute atomic E-state index is 10.8. The zero-order chi connectivity index (χ0) is 15.9. The van der Waals surface area contributed by atoms with E-state index in [2.05, 4.69) is 10.3 Å². The van der Waals surface area contributed by atoms with Crippen molar-refractivity contribution in [2.45, 2.75) is 25.3 Å². The normalized spacial score (nSPS) is 11.8. The van der Waals surface area contributed by atoms with Crippen molar-refractivity contribution in [2.75, 3.05) is 5.32 Å². The van der Waals surface area contributed by atoms with Gasteiger partial charge in [-0.3, -0.25) is 14.9 Å². The van der Waals surface area contributed by atoms with Crippen LogP contribution < -0.4 is 5.32 Å². The van der Waals surface area contributed by atoms with Gasteiger partial charge >= 0.3 is 11.0 Å². The first-order valence-corrected chi connectivity index (χ1v) is 7.48. The van der Waals surface area contributed by atoms with Crippen LogP contribution in [0.4, 0.5) is 10.1 Å². The van der Waals surface area contributed by atoms with E-state index < -0.39 is 10.9 Å². The number of carboxylic acids is 1. The van der Waals surface area contributed by atoms with Gasteiger partial charge in [-0.15, -0.1) is 0 Å². The minimum atomic E-state index is -0.870. The van der Waals surface area contributed by atoms with Crippen LogP contribution in [0.15, 0.2) is 36.5 Å². The summed E-state index contributed by atoms with van der Waals surface area (Å²) >= 11 is 0.945. The fourth-order valence-corrected chi connectivity index (χ4v) is 2.72. The molecule has 0 spiro atoms. The van der Waals surface area contributed by atoms with Crippen LogP contribution in [0.3, 0.4) is 0 Å². The van der Waals surface area contributed by atoms with Crippen LogP contribution in [-0.4, -0.2) is 27.0 Å². The first kappa shape index (κ1) is 15.9. The van der Waals surface area contributed by atoms with E-state index in [0.29, 0.717) is 18.0 Å². The number of nitro groups is 1. The highest BCUT2D eigenvalue weighted by Gasteiger charge is 2.16. The number of aliphatic carboxylic acids is 1. The molecule has 0 fully saturated rings. The fourth-order valence-electron chi connectivity index (χ4n) is 2.01. The third-order valence-electron chi connectivity index (χ3n) is 3.03. The predicted molar refractivity (Wildman–Crippen MR) is 83.2 cm³/mol. The van der Waals surface area contributed by atoms with Crippen LogP contribution in [0.5, 0.6) is 0 Å². The Labute approximate surface area is 130 Å². The lowest BCUT2D eigenvalue weighted by molar-refractivity contribution is -0.380. The average Bonchev–Trinajstić information content (AvgIpc) is 2.94. The van der Waals surface area contributed by atoms with Gasteiger partial charge in [0, 0.05) is 12.5 Å². The quantitative estimate of drug-likeness (QED) is 0.572. The lowest BCUT2D eigenvalue weighted by Crippen LogP contribution is -2.23. The minimum Gasteiger partial charge on any atom is -0.481 e. The molecule has 8 heteroatoms. The number of hydrogen-bond donors (Lipinski definition) is 2. The molecule has 0 aliphatic carbocycles. The second-order valence-corrected chi connectivity index (χ2v) is 5.73. The summed E-state index contributed by atoms with van der Waals surface area (Å²) < 4.78 is 0. The summed E-state index contributed by atoms with van der Waals surface area (Å²) in [6.45, 7) is 0. The molecule has 1 atom stereocenters. The summed E-state index contributed by atoms with van der Waals surface area (Å²) in [5.41, 5.74) is 1.07. The van der Waals surface area contributed by atoms with Crippen molar-refractivity contribution < 1.29 is 14.8 Å². The van der Waals surface area contributed by atoms with Crippen LogP contribution in [0.1, 0.15) is 18.4 Å². The average molecular weight is 321 g/mol. The molecule has 1 aromatic carbocycles. The number of hydrogen-bond acceptors (Lipinski definition) is 6. The molecule has 0 aliphatic rings. The third-order valence-corrected chi connectivity index (χ3v) is 3.91. The van der Waals surface area contributed by atoms with Gasteiger partial charge in [0.2, 0.25) is 0 Å². The molecule has 2 N–H and O–H groups in total. The number of rotatable bonds is 8. The van der Waals surface area contributed by atoms with E-state index in [1.54, 1.807) is 0 Å². The molecule has 0 aliphatic heterocycles. The van der Waals surface area contributed by atoms with Gasteiger partial charge in [0.05, 0.1) is 4.92 Å². The second kappa shape index (κ2) is 7.51. The van der Waals surface area contributed by atoms with Crippen LogP contribution in [0.25, 0.3) is 0 Å². The first-order chi connectivity index (χ1) is 10.5. The summed E-state index contributed by atoms with van der Waals surface area (Å²) in [5.74, 6) is -0.870. The van der Waals surface area contributed by atoms with Gasteiger partial charge in [-0.05, 0) is 29.7 Å². The Hall–Kier alpha value is -2.48. The van der Waals surface area contributed by atoms with E-state index in [1.165, 1.54) is 6.20 Å². The molecule has 116 valence electrons. The molecule has 1 unspecified atom stereocenters. The van der Waals surface area contributed by atoms with Crippen LogP contribution in [-0.2, 0) is 11.2 Å². The maximum atomic E-state index is 10.8. The minimum absolute atomic E-state index is 0.0258. The molecule has 0 saturated heterocycles. The number of thiazole rings is 1. The zero-order valence-electron chi connectivity index (χ0n) is 11.6.